The van der Waals surface area contributed by atoms with Crippen molar-refractivity contribution in [1.82, 2.24) is 0 Å². The minimum absolute atomic E-state index is 0.870. The van der Waals surface area contributed by atoms with Gasteiger partial charge in [-0.15, -0.1) is 5.11 Å². The maximum Gasteiger partial charge on any atom is 0.0938 e. The Morgan fingerprint density at radius 1 is 0.615 bits per heavy atom. The molecule has 0 spiro atoms. The summed E-state index contributed by atoms with van der Waals surface area (Å²) in [5, 5.41) is 8.93. The molecule has 2 nitrogen and oxygen atoms in total. The zero-order chi connectivity index (χ0) is 17.8. The normalized spacial score (nSPS) is 11.3. The van der Waals surface area contributed by atoms with Gasteiger partial charge in [-0.05, 0) is 53.8 Å². The Balaban J connectivity index is 1.53. The van der Waals surface area contributed by atoms with E-state index < -0.39 is 0 Å². The van der Waals surface area contributed by atoms with Crippen molar-refractivity contribution < 1.29 is 0 Å². The number of rotatable bonds is 4. The van der Waals surface area contributed by atoms with Crippen LogP contribution in [0.3, 0.4) is 0 Å². The Bertz CT molecular complexity index is 1000. The van der Waals surface area contributed by atoms with Crippen LogP contribution in [0.5, 0.6) is 0 Å². The van der Waals surface area contributed by atoms with Crippen LogP contribution in [0.25, 0.3) is 11.1 Å². The SMILES string of the molecule is Cc1cc(N=Nc2ccc(Cc3ccccc3)cc2)c2cccccc1-2. The van der Waals surface area contributed by atoms with Crippen molar-refractivity contribution in [2.45, 2.75) is 13.3 Å². The first-order valence-corrected chi connectivity index (χ1v) is 8.82. The predicted octanol–water partition coefficient (Wildman–Crippen LogP) is 7.11. The molecule has 26 heavy (non-hydrogen) atoms. The van der Waals surface area contributed by atoms with E-state index in [1.165, 1.54) is 22.3 Å². The summed E-state index contributed by atoms with van der Waals surface area (Å²) in [5.74, 6) is 0. The number of fused-ring (bicyclic) bond motifs is 1. The highest BCUT2D eigenvalue weighted by Gasteiger charge is 2.11. The second kappa shape index (κ2) is 7.32. The largest absolute Gasteiger partial charge is 0.151 e. The molecule has 2 heteroatoms. The minimum Gasteiger partial charge on any atom is -0.151 e. The van der Waals surface area contributed by atoms with Crippen LogP contribution in [0.4, 0.5) is 11.4 Å². The standard InChI is InChI=1S/C24H20N2/c1-18-16-24(23-11-7-3-6-10-22(18)23)26-25-21-14-12-20(13-15-21)17-19-8-4-2-5-9-19/h2-16H,17H2,1H3. The van der Waals surface area contributed by atoms with E-state index in [1.54, 1.807) is 0 Å². The number of hydrogen-bond acceptors (Lipinski definition) is 2. The topological polar surface area (TPSA) is 24.7 Å². The van der Waals surface area contributed by atoms with E-state index in [0.29, 0.717) is 0 Å². The average molecular weight is 336 g/mol. The molecule has 2 aliphatic carbocycles. The number of nitrogens with zero attached hydrogens (tertiary/aromatic N) is 2. The third-order valence-corrected chi connectivity index (χ3v) is 4.55. The molecule has 0 aromatic heterocycles. The van der Waals surface area contributed by atoms with Crippen molar-refractivity contribution in [1.29, 1.82) is 0 Å². The first-order chi connectivity index (χ1) is 12.8. The highest BCUT2D eigenvalue weighted by Crippen LogP contribution is 2.37. The Morgan fingerprint density at radius 2 is 1.23 bits per heavy atom. The Kier molecular flexibility index (Phi) is 4.57. The van der Waals surface area contributed by atoms with Crippen LogP contribution in [0.1, 0.15) is 16.7 Å². The fourth-order valence-corrected chi connectivity index (χ4v) is 3.18. The average Bonchev–Trinajstić information content (AvgIpc) is 2.84. The predicted molar refractivity (Wildman–Crippen MR) is 108 cm³/mol. The van der Waals surface area contributed by atoms with Crippen molar-refractivity contribution in [2.75, 3.05) is 0 Å². The van der Waals surface area contributed by atoms with Gasteiger partial charge in [0.25, 0.3) is 0 Å². The Morgan fingerprint density at radius 3 is 1.96 bits per heavy atom. The van der Waals surface area contributed by atoms with Gasteiger partial charge < -0.3 is 0 Å². The summed E-state index contributed by atoms with van der Waals surface area (Å²) in [4.78, 5) is 0. The molecule has 2 aromatic carbocycles. The zero-order valence-electron chi connectivity index (χ0n) is 14.8. The van der Waals surface area contributed by atoms with Crippen molar-refractivity contribution in [3.63, 3.8) is 0 Å². The summed E-state index contributed by atoms with van der Waals surface area (Å²) >= 11 is 0. The highest BCUT2D eigenvalue weighted by molar-refractivity contribution is 5.82. The molecule has 4 rings (SSSR count). The first kappa shape index (κ1) is 16.2. The molecule has 0 amide bonds. The summed E-state index contributed by atoms with van der Waals surface area (Å²) < 4.78 is 0. The third kappa shape index (κ3) is 3.55. The number of benzene rings is 2. The molecular formula is C24H20N2. The number of hydrogen-bond donors (Lipinski definition) is 0. The van der Waals surface area contributed by atoms with Gasteiger partial charge in [-0.25, -0.2) is 0 Å². The van der Waals surface area contributed by atoms with E-state index in [0.717, 1.165) is 23.4 Å². The lowest BCUT2D eigenvalue weighted by Crippen LogP contribution is -1.86. The minimum atomic E-state index is 0.870. The van der Waals surface area contributed by atoms with Crippen LogP contribution < -0.4 is 0 Å². The molecule has 0 N–H and O–H groups in total. The molecule has 0 bridgehead atoms. The van der Waals surface area contributed by atoms with Gasteiger partial charge >= 0.3 is 0 Å². The lowest BCUT2D eigenvalue weighted by Gasteiger charge is -2.02. The molecule has 0 heterocycles. The quantitative estimate of drug-likeness (QED) is 0.355. The van der Waals surface area contributed by atoms with E-state index in [-0.39, 0.29) is 0 Å². The molecule has 0 saturated carbocycles. The van der Waals surface area contributed by atoms with Gasteiger partial charge in [0.05, 0.1) is 11.4 Å². The van der Waals surface area contributed by atoms with Gasteiger partial charge in [-0.2, -0.15) is 5.11 Å². The molecule has 0 unspecified atom stereocenters. The van der Waals surface area contributed by atoms with Crippen LogP contribution in [0.2, 0.25) is 0 Å². The molecular weight excluding hydrogens is 316 g/mol. The second-order valence-electron chi connectivity index (χ2n) is 6.48. The maximum atomic E-state index is 4.49. The van der Waals surface area contributed by atoms with E-state index in [9.17, 15) is 0 Å². The Labute approximate surface area is 154 Å². The van der Waals surface area contributed by atoms with Crippen LogP contribution >= 0.6 is 0 Å². The molecule has 2 aliphatic rings. The number of aryl methyl sites for hydroxylation is 1. The van der Waals surface area contributed by atoms with Crippen molar-refractivity contribution in [2.24, 2.45) is 10.2 Å². The van der Waals surface area contributed by atoms with Gasteiger partial charge in [-0.3, -0.25) is 0 Å². The fourth-order valence-electron chi connectivity index (χ4n) is 3.18. The second-order valence-corrected chi connectivity index (χ2v) is 6.48. The van der Waals surface area contributed by atoms with Gasteiger partial charge in [0.2, 0.25) is 0 Å². The molecule has 126 valence electrons. The molecule has 0 atom stereocenters. The van der Waals surface area contributed by atoms with Gasteiger partial charge in [-0.1, -0.05) is 72.8 Å². The summed E-state index contributed by atoms with van der Waals surface area (Å²) in [7, 11) is 0. The van der Waals surface area contributed by atoms with Crippen LogP contribution in [0.15, 0.2) is 101 Å². The van der Waals surface area contributed by atoms with E-state index in [4.69, 9.17) is 0 Å². The monoisotopic (exact) mass is 336 g/mol. The maximum absolute atomic E-state index is 4.49. The zero-order valence-corrected chi connectivity index (χ0v) is 14.8. The van der Waals surface area contributed by atoms with Crippen LogP contribution in [-0.2, 0) is 6.42 Å². The fraction of sp³-hybridized carbons (Fsp3) is 0.0833. The summed E-state index contributed by atoms with van der Waals surface area (Å²) in [6.07, 6.45) is 0.932. The molecule has 2 aromatic rings. The lowest BCUT2D eigenvalue weighted by molar-refractivity contribution is 1.18. The molecule has 0 fully saturated rings. The van der Waals surface area contributed by atoms with Crippen molar-refractivity contribution in [3.05, 3.63) is 108 Å². The van der Waals surface area contributed by atoms with E-state index in [1.807, 2.05) is 30.3 Å². The first-order valence-electron chi connectivity index (χ1n) is 8.82. The smallest absolute Gasteiger partial charge is 0.0938 e. The summed E-state index contributed by atoms with van der Waals surface area (Å²) in [5.41, 5.74) is 7.96. The highest BCUT2D eigenvalue weighted by atomic mass is 15.1. The molecule has 0 saturated heterocycles. The van der Waals surface area contributed by atoms with Crippen molar-refractivity contribution in [3.8, 4) is 11.1 Å². The summed E-state index contributed by atoms with van der Waals surface area (Å²) in [6, 6.07) is 31.2. The van der Waals surface area contributed by atoms with Crippen LogP contribution in [0, 0.1) is 6.92 Å². The summed E-state index contributed by atoms with van der Waals surface area (Å²) in [6.45, 7) is 2.11. The lowest BCUT2D eigenvalue weighted by atomic mass is 10.1. The van der Waals surface area contributed by atoms with Gasteiger partial charge in [0.1, 0.15) is 0 Å². The van der Waals surface area contributed by atoms with Crippen molar-refractivity contribution >= 4 is 11.4 Å². The number of azo groups is 1. The van der Waals surface area contributed by atoms with Gasteiger partial charge in [0, 0.05) is 5.56 Å². The molecule has 0 aliphatic heterocycles. The molecule has 0 radical (unpaired) electrons. The van der Waals surface area contributed by atoms with E-state index >= 15 is 0 Å². The van der Waals surface area contributed by atoms with Gasteiger partial charge in [0.15, 0.2) is 0 Å². The van der Waals surface area contributed by atoms with Crippen LogP contribution in [-0.4, -0.2) is 0 Å². The van der Waals surface area contributed by atoms with E-state index in [2.05, 4.69) is 77.8 Å². The Hall–Kier alpha value is -3.26. The third-order valence-electron chi connectivity index (χ3n) is 4.55.